The number of hydrogen-bond acceptors (Lipinski definition) is 6. The van der Waals surface area contributed by atoms with Crippen molar-refractivity contribution < 1.29 is 32.8 Å². The summed E-state index contributed by atoms with van der Waals surface area (Å²) in [7, 11) is 1.14. The summed E-state index contributed by atoms with van der Waals surface area (Å²) in [5.41, 5.74) is -0.488. The third kappa shape index (κ3) is 5.61. The van der Waals surface area contributed by atoms with Crippen molar-refractivity contribution in [3.8, 4) is 11.5 Å². The first-order valence-corrected chi connectivity index (χ1v) is 8.27. The zero-order valence-electron chi connectivity index (χ0n) is 15.4. The molecule has 29 heavy (non-hydrogen) atoms. The Balaban J connectivity index is 2.36. The lowest BCUT2D eigenvalue weighted by Crippen LogP contribution is -2.15. The van der Waals surface area contributed by atoms with E-state index in [0.29, 0.717) is 11.8 Å². The van der Waals surface area contributed by atoms with Crippen molar-refractivity contribution >= 4 is 28.9 Å². The van der Waals surface area contributed by atoms with Gasteiger partial charge in [0, 0.05) is 23.9 Å². The van der Waals surface area contributed by atoms with Gasteiger partial charge in [-0.1, -0.05) is 13.0 Å². The van der Waals surface area contributed by atoms with Crippen molar-refractivity contribution in [1.29, 1.82) is 0 Å². The van der Waals surface area contributed by atoms with Crippen LogP contribution in [0.4, 0.5) is 25.8 Å². The highest BCUT2D eigenvalue weighted by atomic mass is 19.3. The average Bonchev–Trinajstić information content (AvgIpc) is 2.67. The van der Waals surface area contributed by atoms with Crippen LogP contribution in [0.5, 0.6) is 11.5 Å². The van der Waals surface area contributed by atoms with Crippen molar-refractivity contribution in [2.45, 2.75) is 20.0 Å². The number of anilines is 2. The SMILES string of the molecule is CCC(=O)Nc1cccc(NC(=O)c2cc(OC)c(OC(F)F)cc2[N+](=O)[O-])c1. The monoisotopic (exact) mass is 409 g/mol. The highest BCUT2D eigenvalue weighted by molar-refractivity contribution is 6.08. The summed E-state index contributed by atoms with van der Waals surface area (Å²) in [6.45, 7) is -1.56. The molecule has 2 N–H and O–H groups in total. The normalized spacial score (nSPS) is 10.4. The Morgan fingerprint density at radius 1 is 1.14 bits per heavy atom. The molecule has 0 aromatic heterocycles. The van der Waals surface area contributed by atoms with Gasteiger partial charge in [0.25, 0.3) is 11.6 Å². The molecule has 11 heteroatoms. The topological polar surface area (TPSA) is 120 Å². The Bertz CT molecular complexity index is 936. The fourth-order valence-corrected chi connectivity index (χ4v) is 2.35. The van der Waals surface area contributed by atoms with E-state index in [1.165, 1.54) is 12.1 Å². The molecule has 154 valence electrons. The summed E-state index contributed by atoms with van der Waals surface area (Å²) < 4.78 is 34.1. The standard InChI is InChI=1S/C18H17F2N3O6/c1-3-16(24)21-10-5-4-6-11(7-10)22-17(25)12-8-14(28-2)15(29-18(19)20)9-13(12)23(26)27/h4-9,18H,3H2,1-2H3,(H,21,24)(H,22,25). The summed E-state index contributed by atoms with van der Waals surface area (Å²) in [6.07, 6.45) is 0.260. The summed E-state index contributed by atoms with van der Waals surface area (Å²) in [6, 6.07) is 7.77. The molecule has 0 atom stereocenters. The number of carbonyl (C=O) groups is 2. The van der Waals surface area contributed by atoms with Crippen molar-refractivity contribution in [3.63, 3.8) is 0 Å². The Labute approximate surface area is 163 Å². The first-order valence-electron chi connectivity index (χ1n) is 8.27. The van der Waals surface area contributed by atoms with E-state index in [2.05, 4.69) is 15.4 Å². The summed E-state index contributed by atoms with van der Waals surface area (Å²) in [4.78, 5) is 34.5. The molecule has 2 rings (SSSR count). The maximum absolute atomic E-state index is 12.6. The number of nitrogens with one attached hydrogen (secondary N) is 2. The zero-order valence-corrected chi connectivity index (χ0v) is 15.4. The third-order valence-electron chi connectivity index (χ3n) is 3.66. The molecule has 2 aromatic rings. The Kier molecular flexibility index (Phi) is 7.01. The van der Waals surface area contributed by atoms with Gasteiger partial charge in [-0.3, -0.25) is 19.7 Å². The van der Waals surface area contributed by atoms with Gasteiger partial charge in [-0.05, 0) is 18.2 Å². The number of nitro groups is 1. The molecule has 0 saturated heterocycles. The summed E-state index contributed by atoms with van der Waals surface area (Å²) in [5.74, 6) is -1.96. The maximum Gasteiger partial charge on any atom is 0.387 e. The molecule has 0 aliphatic rings. The molecule has 0 bridgehead atoms. The maximum atomic E-state index is 12.6. The lowest BCUT2D eigenvalue weighted by atomic mass is 10.1. The molecular formula is C18H17F2N3O6. The molecule has 0 spiro atoms. The smallest absolute Gasteiger partial charge is 0.387 e. The van der Waals surface area contributed by atoms with Gasteiger partial charge >= 0.3 is 6.61 Å². The molecular weight excluding hydrogens is 392 g/mol. The molecule has 0 aliphatic heterocycles. The second-order valence-electron chi connectivity index (χ2n) is 5.59. The second kappa shape index (κ2) is 9.44. The molecule has 0 fully saturated rings. The number of alkyl halides is 2. The Hall–Kier alpha value is -3.76. The average molecular weight is 409 g/mol. The zero-order chi connectivity index (χ0) is 21.6. The quantitative estimate of drug-likeness (QED) is 0.505. The minimum Gasteiger partial charge on any atom is -0.493 e. The van der Waals surface area contributed by atoms with Gasteiger partial charge in [0.05, 0.1) is 18.1 Å². The highest BCUT2D eigenvalue weighted by Crippen LogP contribution is 2.36. The van der Waals surface area contributed by atoms with Crippen molar-refractivity contribution in [2.75, 3.05) is 17.7 Å². The van der Waals surface area contributed by atoms with Crippen molar-refractivity contribution in [1.82, 2.24) is 0 Å². The van der Waals surface area contributed by atoms with E-state index in [1.807, 2.05) is 0 Å². The highest BCUT2D eigenvalue weighted by Gasteiger charge is 2.26. The van der Waals surface area contributed by atoms with E-state index in [4.69, 9.17) is 4.74 Å². The number of halogens is 2. The van der Waals surface area contributed by atoms with Gasteiger partial charge < -0.3 is 20.1 Å². The molecule has 0 radical (unpaired) electrons. The summed E-state index contributed by atoms with van der Waals surface area (Å²) in [5, 5.41) is 16.4. The van der Waals surface area contributed by atoms with E-state index in [9.17, 15) is 28.5 Å². The number of methoxy groups -OCH3 is 1. The number of nitro benzene ring substituents is 1. The van der Waals surface area contributed by atoms with Crippen LogP contribution in [-0.2, 0) is 4.79 Å². The van der Waals surface area contributed by atoms with E-state index < -0.39 is 34.4 Å². The van der Waals surface area contributed by atoms with E-state index >= 15 is 0 Å². The van der Waals surface area contributed by atoms with E-state index in [-0.39, 0.29) is 23.8 Å². The predicted octanol–water partition coefficient (Wildman–Crippen LogP) is 3.81. The molecule has 2 aromatic carbocycles. The predicted molar refractivity (Wildman–Crippen MR) is 99.6 cm³/mol. The molecule has 0 saturated carbocycles. The second-order valence-corrected chi connectivity index (χ2v) is 5.59. The third-order valence-corrected chi connectivity index (χ3v) is 3.66. The van der Waals surface area contributed by atoms with Gasteiger partial charge in [0.2, 0.25) is 5.91 Å². The molecule has 0 heterocycles. The number of carbonyl (C=O) groups excluding carboxylic acids is 2. The number of hydrogen-bond donors (Lipinski definition) is 2. The van der Waals surface area contributed by atoms with E-state index in [0.717, 1.165) is 13.2 Å². The Morgan fingerprint density at radius 2 is 1.79 bits per heavy atom. The number of nitrogens with zero attached hydrogens (tertiary/aromatic N) is 1. The van der Waals surface area contributed by atoms with Crippen LogP contribution in [0.2, 0.25) is 0 Å². The summed E-state index contributed by atoms with van der Waals surface area (Å²) >= 11 is 0. The molecule has 9 nitrogen and oxygen atoms in total. The molecule has 0 unspecified atom stereocenters. The van der Waals surface area contributed by atoms with Crippen LogP contribution in [0.3, 0.4) is 0 Å². The number of ether oxygens (including phenoxy) is 2. The fraction of sp³-hybridized carbons (Fsp3) is 0.222. The van der Waals surface area contributed by atoms with Crippen LogP contribution in [0.1, 0.15) is 23.7 Å². The van der Waals surface area contributed by atoms with Crippen molar-refractivity contribution in [3.05, 3.63) is 52.1 Å². The molecule has 2 amide bonds. The molecule has 0 aliphatic carbocycles. The lowest BCUT2D eigenvalue weighted by molar-refractivity contribution is -0.385. The van der Waals surface area contributed by atoms with E-state index in [1.54, 1.807) is 19.1 Å². The van der Waals surface area contributed by atoms with Gasteiger partial charge in [0.1, 0.15) is 5.56 Å². The van der Waals surface area contributed by atoms with Gasteiger partial charge in [-0.15, -0.1) is 0 Å². The van der Waals surface area contributed by atoms with Crippen LogP contribution >= 0.6 is 0 Å². The van der Waals surface area contributed by atoms with Crippen LogP contribution in [0.15, 0.2) is 36.4 Å². The van der Waals surface area contributed by atoms with Crippen LogP contribution in [0, 0.1) is 10.1 Å². The fourth-order valence-electron chi connectivity index (χ4n) is 2.35. The number of benzene rings is 2. The van der Waals surface area contributed by atoms with Crippen LogP contribution in [-0.4, -0.2) is 30.5 Å². The van der Waals surface area contributed by atoms with Crippen molar-refractivity contribution in [2.24, 2.45) is 0 Å². The van der Waals surface area contributed by atoms with Crippen LogP contribution < -0.4 is 20.1 Å². The number of amides is 2. The lowest BCUT2D eigenvalue weighted by Gasteiger charge is -2.13. The van der Waals surface area contributed by atoms with Gasteiger partial charge in [-0.25, -0.2) is 0 Å². The number of rotatable bonds is 8. The van der Waals surface area contributed by atoms with Gasteiger partial charge in [0.15, 0.2) is 11.5 Å². The Morgan fingerprint density at radius 3 is 2.34 bits per heavy atom. The minimum absolute atomic E-state index is 0.233. The van der Waals surface area contributed by atoms with Gasteiger partial charge in [-0.2, -0.15) is 8.78 Å². The first-order chi connectivity index (χ1) is 13.7. The van der Waals surface area contributed by atoms with Crippen LogP contribution in [0.25, 0.3) is 0 Å². The first kappa shape index (κ1) is 21.5. The largest absolute Gasteiger partial charge is 0.493 e. The minimum atomic E-state index is -3.23.